The van der Waals surface area contributed by atoms with E-state index in [0.29, 0.717) is 11.4 Å². The summed E-state index contributed by atoms with van der Waals surface area (Å²) in [6, 6.07) is 17.1. The Morgan fingerprint density at radius 3 is 2.77 bits per heavy atom. The monoisotopic (exact) mass is 348 g/mol. The number of nitrogens with zero attached hydrogens (tertiary/aromatic N) is 2. The van der Waals surface area contributed by atoms with E-state index in [-0.39, 0.29) is 5.91 Å². The number of aromatic nitrogens is 2. The van der Waals surface area contributed by atoms with Gasteiger partial charge >= 0.3 is 0 Å². The molecule has 6 heteroatoms. The van der Waals surface area contributed by atoms with E-state index in [1.165, 1.54) is 5.56 Å². The van der Waals surface area contributed by atoms with Gasteiger partial charge < -0.3 is 4.74 Å². The normalized spacial score (nSPS) is 10.8. The number of ether oxygens (including phenoxy) is 1. The molecule has 6 nitrogen and oxygen atoms in total. The number of carbonyl (C=O) groups is 1. The number of benzene rings is 2. The van der Waals surface area contributed by atoms with Gasteiger partial charge in [0.2, 0.25) is 0 Å². The first-order valence-electron chi connectivity index (χ1n) is 8.31. The fourth-order valence-electron chi connectivity index (χ4n) is 2.47. The molecule has 0 spiro atoms. The van der Waals surface area contributed by atoms with E-state index in [2.05, 4.69) is 33.7 Å². The first kappa shape index (κ1) is 17.4. The highest BCUT2D eigenvalue weighted by atomic mass is 16.5. The minimum atomic E-state index is -0.347. The zero-order valence-electron chi connectivity index (χ0n) is 14.7. The van der Waals surface area contributed by atoms with E-state index in [4.69, 9.17) is 4.74 Å². The maximum atomic E-state index is 12.2. The van der Waals surface area contributed by atoms with Gasteiger partial charge in [0, 0.05) is 5.56 Å². The summed E-state index contributed by atoms with van der Waals surface area (Å²) in [5, 5.41) is 10.9. The van der Waals surface area contributed by atoms with Crippen LogP contribution in [0, 0.1) is 0 Å². The van der Waals surface area contributed by atoms with Gasteiger partial charge in [0.15, 0.2) is 0 Å². The van der Waals surface area contributed by atoms with Crippen molar-refractivity contribution in [1.82, 2.24) is 15.6 Å². The van der Waals surface area contributed by atoms with Crippen LogP contribution in [0.25, 0.3) is 11.3 Å². The fourth-order valence-corrected chi connectivity index (χ4v) is 2.47. The molecule has 132 valence electrons. The number of nitrogens with one attached hydrogen (secondary N) is 2. The number of hydrogen-bond donors (Lipinski definition) is 2. The highest BCUT2D eigenvalue weighted by Crippen LogP contribution is 2.21. The van der Waals surface area contributed by atoms with Crippen LogP contribution in [0.2, 0.25) is 0 Å². The summed E-state index contributed by atoms with van der Waals surface area (Å²) in [7, 11) is 1.62. The highest BCUT2D eigenvalue weighted by Gasteiger charge is 2.10. The van der Waals surface area contributed by atoms with Gasteiger partial charge in [-0.3, -0.25) is 9.89 Å². The summed E-state index contributed by atoms with van der Waals surface area (Å²) in [5.74, 6) is 0.420. The van der Waals surface area contributed by atoms with Crippen LogP contribution in [0.4, 0.5) is 0 Å². The molecule has 0 saturated carbocycles. The van der Waals surface area contributed by atoms with Crippen molar-refractivity contribution < 1.29 is 9.53 Å². The molecule has 2 aromatic carbocycles. The van der Waals surface area contributed by atoms with Crippen molar-refractivity contribution in [2.75, 3.05) is 7.11 Å². The predicted molar refractivity (Wildman–Crippen MR) is 101 cm³/mol. The number of hydrogen-bond acceptors (Lipinski definition) is 4. The number of carbonyl (C=O) groups excluding carboxylic acids is 1. The molecule has 0 radical (unpaired) electrons. The molecule has 0 aliphatic rings. The largest absolute Gasteiger partial charge is 0.497 e. The molecule has 0 atom stereocenters. The summed E-state index contributed by atoms with van der Waals surface area (Å²) in [5.41, 5.74) is 6.58. The molecule has 0 bridgehead atoms. The van der Waals surface area contributed by atoms with Gasteiger partial charge in [-0.1, -0.05) is 31.2 Å². The maximum absolute atomic E-state index is 12.2. The third-order valence-electron chi connectivity index (χ3n) is 3.95. The van der Waals surface area contributed by atoms with Crippen molar-refractivity contribution in [1.29, 1.82) is 0 Å². The fraction of sp³-hybridized carbons (Fsp3) is 0.150. The van der Waals surface area contributed by atoms with Gasteiger partial charge in [0.25, 0.3) is 5.91 Å². The molecule has 1 aromatic heterocycles. The van der Waals surface area contributed by atoms with Crippen LogP contribution in [0.3, 0.4) is 0 Å². The van der Waals surface area contributed by atoms with Crippen LogP contribution in [0.1, 0.15) is 28.5 Å². The molecular weight excluding hydrogens is 328 g/mol. The molecule has 1 amide bonds. The lowest BCUT2D eigenvalue weighted by Gasteiger charge is -2.00. The molecule has 0 saturated heterocycles. The van der Waals surface area contributed by atoms with Crippen LogP contribution in [0.5, 0.6) is 5.75 Å². The molecule has 0 unspecified atom stereocenters. The molecule has 0 aliphatic carbocycles. The second kappa shape index (κ2) is 8.11. The van der Waals surface area contributed by atoms with Crippen molar-refractivity contribution in [3.63, 3.8) is 0 Å². The smallest absolute Gasteiger partial charge is 0.289 e. The van der Waals surface area contributed by atoms with E-state index < -0.39 is 0 Å². The quantitative estimate of drug-likeness (QED) is 0.529. The number of rotatable bonds is 6. The van der Waals surface area contributed by atoms with Gasteiger partial charge in [-0.2, -0.15) is 10.2 Å². The van der Waals surface area contributed by atoms with Crippen molar-refractivity contribution in [2.24, 2.45) is 5.10 Å². The van der Waals surface area contributed by atoms with E-state index in [1.807, 2.05) is 42.5 Å². The van der Waals surface area contributed by atoms with Gasteiger partial charge in [-0.15, -0.1) is 0 Å². The van der Waals surface area contributed by atoms with Crippen LogP contribution < -0.4 is 10.2 Å². The summed E-state index contributed by atoms with van der Waals surface area (Å²) in [4.78, 5) is 12.2. The number of methoxy groups -OCH3 is 1. The Morgan fingerprint density at radius 2 is 2.04 bits per heavy atom. The molecule has 1 heterocycles. The summed E-state index contributed by atoms with van der Waals surface area (Å²) in [6.07, 6.45) is 2.58. The molecule has 0 aliphatic heterocycles. The lowest BCUT2D eigenvalue weighted by atomic mass is 10.1. The minimum Gasteiger partial charge on any atom is -0.497 e. The standard InChI is InChI=1S/C20H20N4O2/c1-3-14-5-4-6-15(11-14)13-21-24-20(25)19-12-18(22-23-19)16-7-9-17(26-2)10-8-16/h4-13H,3H2,1-2H3,(H,22,23)(H,24,25)/b21-13+. The van der Waals surface area contributed by atoms with E-state index >= 15 is 0 Å². The Bertz CT molecular complexity index is 914. The molecule has 0 fully saturated rings. The molecule has 3 aromatic rings. The Balaban J connectivity index is 1.64. The van der Waals surface area contributed by atoms with E-state index in [9.17, 15) is 4.79 Å². The zero-order chi connectivity index (χ0) is 18.4. The van der Waals surface area contributed by atoms with Crippen molar-refractivity contribution in [3.05, 3.63) is 71.4 Å². The molecule has 26 heavy (non-hydrogen) atoms. The Kier molecular flexibility index (Phi) is 5.43. The summed E-state index contributed by atoms with van der Waals surface area (Å²) < 4.78 is 5.14. The average Bonchev–Trinajstić information content (AvgIpc) is 3.18. The zero-order valence-corrected chi connectivity index (χ0v) is 14.7. The average molecular weight is 348 g/mol. The second-order valence-corrected chi connectivity index (χ2v) is 5.69. The minimum absolute atomic E-state index is 0.343. The molecular formula is C20H20N4O2. The van der Waals surface area contributed by atoms with Gasteiger partial charge in [0.1, 0.15) is 11.4 Å². The van der Waals surface area contributed by atoms with Gasteiger partial charge in [-0.05, 0) is 47.9 Å². The Morgan fingerprint density at radius 1 is 1.23 bits per heavy atom. The number of amides is 1. The Labute approximate surface area is 151 Å². The van der Waals surface area contributed by atoms with Crippen LogP contribution >= 0.6 is 0 Å². The lowest BCUT2D eigenvalue weighted by molar-refractivity contribution is 0.0950. The third kappa shape index (κ3) is 4.16. The van der Waals surface area contributed by atoms with Gasteiger partial charge in [0.05, 0.1) is 19.0 Å². The third-order valence-corrected chi connectivity index (χ3v) is 3.95. The second-order valence-electron chi connectivity index (χ2n) is 5.69. The van der Waals surface area contributed by atoms with Crippen molar-refractivity contribution in [2.45, 2.75) is 13.3 Å². The topological polar surface area (TPSA) is 79.4 Å². The number of hydrazone groups is 1. The van der Waals surface area contributed by atoms with Crippen molar-refractivity contribution in [3.8, 4) is 17.0 Å². The first-order valence-corrected chi connectivity index (χ1v) is 8.31. The maximum Gasteiger partial charge on any atom is 0.289 e. The molecule has 2 N–H and O–H groups in total. The van der Waals surface area contributed by atoms with E-state index in [0.717, 1.165) is 23.3 Å². The number of aryl methyl sites for hydroxylation is 1. The highest BCUT2D eigenvalue weighted by molar-refractivity contribution is 5.94. The first-order chi connectivity index (χ1) is 12.7. The predicted octanol–water partition coefficient (Wildman–Crippen LogP) is 3.41. The number of aromatic amines is 1. The lowest BCUT2D eigenvalue weighted by Crippen LogP contribution is -2.18. The number of H-pyrrole nitrogens is 1. The SMILES string of the molecule is CCc1cccc(/C=N/NC(=O)c2cc(-c3ccc(OC)cc3)n[nH]2)c1. The van der Waals surface area contributed by atoms with Crippen LogP contribution in [0.15, 0.2) is 59.7 Å². The van der Waals surface area contributed by atoms with Gasteiger partial charge in [-0.25, -0.2) is 5.43 Å². The van der Waals surface area contributed by atoms with Crippen molar-refractivity contribution >= 4 is 12.1 Å². The molecule has 3 rings (SSSR count). The summed E-state index contributed by atoms with van der Waals surface area (Å²) >= 11 is 0. The van der Waals surface area contributed by atoms with Crippen LogP contribution in [-0.4, -0.2) is 29.4 Å². The Hall–Kier alpha value is -3.41. The summed E-state index contributed by atoms with van der Waals surface area (Å²) in [6.45, 7) is 2.09. The van der Waals surface area contributed by atoms with Crippen LogP contribution in [-0.2, 0) is 6.42 Å². The van der Waals surface area contributed by atoms with E-state index in [1.54, 1.807) is 19.4 Å².